The molecule has 0 aliphatic carbocycles. The van der Waals surface area contributed by atoms with E-state index < -0.39 is 0 Å². The topological polar surface area (TPSA) is 70.5 Å². The third-order valence-corrected chi connectivity index (χ3v) is 5.40. The van der Waals surface area contributed by atoms with Gasteiger partial charge in [0.25, 0.3) is 11.5 Å². The van der Waals surface area contributed by atoms with Crippen LogP contribution in [0.3, 0.4) is 0 Å². The van der Waals surface area contributed by atoms with Crippen LogP contribution in [0.5, 0.6) is 0 Å². The summed E-state index contributed by atoms with van der Waals surface area (Å²) in [5.41, 5.74) is 3.07. The molecule has 0 spiro atoms. The van der Waals surface area contributed by atoms with Crippen LogP contribution in [0.4, 0.5) is 5.69 Å². The maximum absolute atomic E-state index is 12.9. The Kier molecular flexibility index (Phi) is 5.02. The summed E-state index contributed by atoms with van der Waals surface area (Å²) in [4.78, 5) is 25.9. The van der Waals surface area contributed by atoms with Gasteiger partial charge in [0, 0.05) is 15.2 Å². The quantitative estimate of drug-likeness (QED) is 0.563. The number of amides is 1. The summed E-state index contributed by atoms with van der Waals surface area (Å²) in [6.07, 6.45) is 1.60. The van der Waals surface area contributed by atoms with Crippen LogP contribution in [-0.2, 0) is 4.79 Å². The van der Waals surface area contributed by atoms with Crippen molar-refractivity contribution in [3.05, 3.63) is 85.2 Å². The summed E-state index contributed by atoms with van der Waals surface area (Å²) < 4.78 is 2.34. The molecule has 0 radical (unpaired) electrons. The molecule has 29 heavy (non-hydrogen) atoms. The minimum Gasteiger partial charge on any atom is -0.295 e. The SMILES string of the molecule is CC1=NN(c2ccc(Br)cc2)C(=O)/C1=C\c1c(C)[nH]n(-c2ccc(Cl)cc2)c1=O. The van der Waals surface area contributed by atoms with Crippen LogP contribution in [0.1, 0.15) is 18.2 Å². The monoisotopic (exact) mass is 470 g/mol. The zero-order valence-corrected chi connectivity index (χ0v) is 18.0. The number of aryl methyl sites for hydroxylation is 1. The highest BCUT2D eigenvalue weighted by molar-refractivity contribution is 9.10. The van der Waals surface area contributed by atoms with Gasteiger partial charge >= 0.3 is 0 Å². The number of nitrogens with zero attached hydrogens (tertiary/aromatic N) is 3. The van der Waals surface area contributed by atoms with Crippen LogP contribution in [0.15, 0.2) is 68.5 Å². The molecule has 8 heteroatoms. The van der Waals surface area contributed by atoms with Gasteiger partial charge in [-0.15, -0.1) is 0 Å². The third-order valence-electron chi connectivity index (χ3n) is 4.62. The van der Waals surface area contributed by atoms with E-state index in [9.17, 15) is 9.59 Å². The lowest BCUT2D eigenvalue weighted by molar-refractivity contribution is -0.114. The lowest BCUT2D eigenvalue weighted by Crippen LogP contribution is -2.21. The Bertz CT molecular complexity index is 1220. The number of benzene rings is 2. The third kappa shape index (κ3) is 3.59. The summed E-state index contributed by atoms with van der Waals surface area (Å²) in [7, 11) is 0. The molecule has 6 nitrogen and oxygen atoms in total. The van der Waals surface area contributed by atoms with Gasteiger partial charge in [-0.1, -0.05) is 27.5 Å². The number of aromatic nitrogens is 2. The second kappa shape index (κ2) is 7.50. The Morgan fingerprint density at radius 3 is 2.28 bits per heavy atom. The zero-order chi connectivity index (χ0) is 20.7. The molecule has 146 valence electrons. The van der Waals surface area contributed by atoms with Crippen LogP contribution in [-0.4, -0.2) is 21.4 Å². The van der Waals surface area contributed by atoms with Gasteiger partial charge in [0.2, 0.25) is 0 Å². The lowest BCUT2D eigenvalue weighted by atomic mass is 10.1. The number of carbonyl (C=O) groups is 1. The van der Waals surface area contributed by atoms with E-state index in [0.29, 0.717) is 38.9 Å². The van der Waals surface area contributed by atoms with Crippen molar-refractivity contribution in [2.24, 2.45) is 5.10 Å². The highest BCUT2D eigenvalue weighted by Gasteiger charge is 2.29. The van der Waals surface area contributed by atoms with Crippen molar-refractivity contribution in [3.63, 3.8) is 0 Å². The summed E-state index contributed by atoms with van der Waals surface area (Å²) in [6, 6.07) is 14.2. The van der Waals surface area contributed by atoms with Crippen molar-refractivity contribution < 1.29 is 4.79 Å². The first kappa shape index (κ1) is 19.4. The fourth-order valence-electron chi connectivity index (χ4n) is 3.09. The number of nitrogens with one attached hydrogen (secondary N) is 1. The molecule has 0 unspecified atom stereocenters. The van der Waals surface area contributed by atoms with Crippen LogP contribution >= 0.6 is 27.5 Å². The fourth-order valence-corrected chi connectivity index (χ4v) is 3.48. The summed E-state index contributed by atoms with van der Waals surface area (Å²) in [6.45, 7) is 3.54. The van der Waals surface area contributed by atoms with Gasteiger partial charge in [0.1, 0.15) is 0 Å². The number of aromatic amines is 1. The van der Waals surface area contributed by atoms with Gasteiger partial charge in [-0.05, 0) is 68.5 Å². The fraction of sp³-hybridized carbons (Fsp3) is 0.0952. The minimum absolute atomic E-state index is 0.250. The smallest absolute Gasteiger partial charge is 0.280 e. The Balaban J connectivity index is 1.72. The Morgan fingerprint density at radius 2 is 1.62 bits per heavy atom. The van der Waals surface area contributed by atoms with E-state index in [2.05, 4.69) is 26.1 Å². The molecular formula is C21H16BrClN4O2. The Hall–Kier alpha value is -2.90. The maximum Gasteiger partial charge on any atom is 0.280 e. The Labute approximate surface area is 180 Å². The van der Waals surface area contributed by atoms with Gasteiger partial charge in [0.15, 0.2) is 0 Å². The molecule has 0 fully saturated rings. The van der Waals surface area contributed by atoms with E-state index in [4.69, 9.17) is 11.6 Å². The molecular weight excluding hydrogens is 456 g/mol. The predicted octanol–water partition coefficient (Wildman–Crippen LogP) is 4.70. The lowest BCUT2D eigenvalue weighted by Gasteiger charge is -2.11. The van der Waals surface area contributed by atoms with Gasteiger partial charge in [0.05, 0.1) is 28.2 Å². The van der Waals surface area contributed by atoms with Crippen molar-refractivity contribution in [3.8, 4) is 5.69 Å². The highest BCUT2D eigenvalue weighted by Crippen LogP contribution is 2.26. The van der Waals surface area contributed by atoms with Crippen LogP contribution in [0, 0.1) is 6.92 Å². The standard InChI is InChI=1S/C21H16BrClN4O2/c1-12-18(20(28)26(24-12)16-7-3-14(22)4-8-16)11-19-13(2)25-27(21(19)29)17-9-5-15(23)6-10-17/h3-11,25H,1-2H3/b18-11-. The van der Waals surface area contributed by atoms with E-state index in [0.717, 1.165) is 4.47 Å². The zero-order valence-electron chi connectivity index (χ0n) is 15.6. The van der Waals surface area contributed by atoms with Crippen molar-refractivity contribution in [1.82, 2.24) is 9.78 Å². The van der Waals surface area contributed by atoms with E-state index in [1.807, 2.05) is 12.1 Å². The molecule has 1 aromatic heterocycles. The van der Waals surface area contributed by atoms with Gasteiger partial charge in [-0.2, -0.15) is 10.1 Å². The number of rotatable bonds is 3. The van der Waals surface area contributed by atoms with E-state index in [-0.39, 0.29) is 11.5 Å². The maximum atomic E-state index is 12.9. The molecule has 2 heterocycles. The molecule has 0 saturated heterocycles. The molecule has 3 aromatic rings. The summed E-state index contributed by atoms with van der Waals surface area (Å²) >= 11 is 9.31. The normalized spacial score (nSPS) is 15.3. The van der Waals surface area contributed by atoms with E-state index in [1.165, 1.54) is 9.69 Å². The van der Waals surface area contributed by atoms with Crippen molar-refractivity contribution in [1.29, 1.82) is 0 Å². The first-order valence-electron chi connectivity index (χ1n) is 8.80. The molecule has 1 aliphatic rings. The van der Waals surface area contributed by atoms with E-state index >= 15 is 0 Å². The molecule has 0 saturated carbocycles. The minimum atomic E-state index is -0.275. The molecule has 4 rings (SSSR count). The van der Waals surface area contributed by atoms with Gasteiger partial charge in [-0.3, -0.25) is 14.7 Å². The number of hydrogen-bond acceptors (Lipinski definition) is 3. The van der Waals surface area contributed by atoms with Crippen molar-refractivity contribution in [2.45, 2.75) is 13.8 Å². The van der Waals surface area contributed by atoms with Crippen LogP contribution in [0.2, 0.25) is 5.02 Å². The molecule has 0 bridgehead atoms. The summed E-state index contributed by atoms with van der Waals surface area (Å²) in [5, 5.41) is 9.34. The number of H-pyrrole nitrogens is 1. The molecule has 1 aliphatic heterocycles. The first-order chi connectivity index (χ1) is 13.8. The number of halogens is 2. The Morgan fingerprint density at radius 1 is 1.00 bits per heavy atom. The number of hydrogen-bond donors (Lipinski definition) is 1. The second-order valence-corrected chi connectivity index (χ2v) is 7.96. The molecule has 0 atom stereocenters. The predicted molar refractivity (Wildman–Crippen MR) is 119 cm³/mol. The number of carbonyl (C=O) groups excluding carboxylic acids is 1. The first-order valence-corrected chi connectivity index (χ1v) is 9.97. The highest BCUT2D eigenvalue weighted by atomic mass is 79.9. The van der Waals surface area contributed by atoms with Crippen molar-refractivity contribution >= 4 is 50.9 Å². The number of hydrazone groups is 1. The molecule has 2 aromatic carbocycles. The van der Waals surface area contributed by atoms with Crippen LogP contribution < -0.4 is 10.6 Å². The van der Waals surface area contributed by atoms with Gasteiger partial charge in [-0.25, -0.2) is 4.68 Å². The number of anilines is 1. The van der Waals surface area contributed by atoms with Crippen molar-refractivity contribution in [2.75, 3.05) is 5.01 Å². The molecule has 1 amide bonds. The van der Waals surface area contributed by atoms with Crippen LogP contribution in [0.25, 0.3) is 11.8 Å². The average Bonchev–Trinajstić information content (AvgIpc) is 3.14. The average molecular weight is 472 g/mol. The van der Waals surface area contributed by atoms with E-state index in [1.54, 1.807) is 56.3 Å². The summed E-state index contributed by atoms with van der Waals surface area (Å²) in [5.74, 6) is -0.275. The molecule has 1 N–H and O–H groups in total. The second-order valence-electron chi connectivity index (χ2n) is 6.60. The largest absolute Gasteiger partial charge is 0.295 e. The van der Waals surface area contributed by atoms with Gasteiger partial charge < -0.3 is 0 Å².